The summed E-state index contributed by atoms with van der Waals surface area (Å²) in [6.45, 7) is 1.86. The molecule has 1 aromatic heterocycles. The van der Waals surface area contributed by atoms with E-state index in [1.807, 2.05) is 13.0 Å². The van der Waals surface area contributed by atoms with Gasteiger partial charge in [0.2, 0.25) is 5.91 Å². The molecule has 1 N–H and O–H groups in total. The lowest BCUT2D eigenvalue weighted by molar-refractivity contribution is -0.111. The van der Waals surface area contributed by atoms with Gasteiger partial charge in [0.05, 0.1) is 6.20 Å². The number of carbonyl (C=O) groups is 1. The lowest BCUT2D eigenvalue weighted by Crippen LogP contribution is -2.08. The van der Waals surface area contributed by atoms with Gasteiger partial charge in [-0.1, -0.05) is 18.2 Å². The van der Waals surface area contributed by atoms with Gasteiger partial charge in [0.15, 0.2) is 0 Å². The van der Waals surface area contributed by atoms with Crippen LogP contribution in [0.5, 0.6) is 11.5 Å². The number of rotatable bonds is 5. The topological polar surface area (TPSA) is 51.2 Å². The van der Waals surface area contributed by atoms with Crippen LogP contribution in [-0.2, 0) is 4.79 Å². The summed E-state index contributed by atoms with van der Waals surface area (Å²) >= 11 is 0. The third-order valence-corrected chi connectivity index (χ3v) is 2.59. The molecule has 0 unspecified atom stereocenters. The highest BCUT2D eigenvalue weighted by molar-refractivity contribution is 5.98. The third-order valence-electron chi connectivity index (χ3n) is 2.59. The zero-order valence-corrected chi connectivity index (χ0v) is 12.0. The number of hydrogen-bond donors (Lipinski definition) is 1. The smallest absolute Gasteiger partial charge is 0.249 e. The predicted molar refractivity (Wildman–Crippen MR) is 83.3 cm³/mol. The molecule has 112 valence electrons. The molecule has 0 aliphatic rings. The van der Waals surface area contributed by atoms with Crippen LogP contribution in [0.1, 0.15) is 6.92 Å². The van der Waals surface area contributed by atoms with Crippen LogP contribution in [0.4, 0.5) is 10.2 Å². The lowest BCUT2D eigenvalue weighted by atomic mass is 10.3. The fraction of sp³-hybridized carbons (Fsp3) is 0.0588. The van der Waals surface area contributed by atoms with E-state index in [0.29, 0.717) is 17.3 Å². The van der Waals surface area contributed by atoms with Crippen molar-refractivity contribution in [3.8, 4) is 11.5 Å². The number of aromatic nitrogens is 1. The molecule has 0 aliphatic carbocycles. The number of benzene rings is 1. The molecule has 2 rings (SSSR count). The maximum Gasteiger partial charge on any atom is 0.249 e. The van der Waals surface area contributed by atoms with Crippen molar-refractivity contribution in [1.82, 2.24) is 4.98 Å². The van der Waals surface area contributed by atoms with E-state index in [2.05, 4.69) is 10.3 Å². The maximum absolute atomic E-state index is 12.8. The summed E-state index contributed by atoms with van der Waals surface area (Å²) in [5.41, 5.74) is 0. The summed E-state index contributed by atoms with van der Waals surface area (Å²) < 4.78 is 18.3. The minimum atomic E-state index is -0.325. The first-order valence-corrected chi connectivity index (χ1v) is 6.67. The molecule has 0 aliphatic heterocycles. The molecule has 1 amide bonds. The summed E-state index contributed by atoms with van der Waals surface area (Å²) in [6.07, 6.45) is 8.11. The lowest BCUT2D eigenvalue weighted by Gasteiger charge is -2.06. The van der Waals surface area contributed by atoms with Crippen molar-refractivity contribution in [3.63, 3.8) is 0 Å². The number of amides is 1. The van der Waals surface area contributed by atoms with E-state index in [1.165, 1.54) is 36.5 Å². The third kappa shape index (κ3) is 4.86. The van der Waals surface area contributed by atoms with E-state index >= 15 is 0 Å². The molecule has 4 nitrogen and oxygen atoms in total. The minimum absolute atomic E-state index is 0.266. The van der Waals surface area contributed by atoms with E-state index < -0.39 is 0 Å². The summed E-state index contributed by atoms with van der Waals surface area (Å²) in [5.74, 6) is 0.831. The van der Waals surface area contributed by atoms with Gasteiger partial charge in [-0.25, -0.2) is 9.37 Å². The normalized spacial score (nSPS) is 11.0. The molecule has 0 fully saturated rings. The number of hydrogen-bond acceptors (Lipinski definition) is 3. The molecule has 0 saturated heterocycles. The zero-order chi connectivity index (χ0) is 15.8. The average molecular weight is 298 g/mol. The van der Waals surface area contributed by atoms with Crippen LogP contribution >= 0.6 is 0 Å². The van der Waals surface area contributed by atoms with Crippen LogP contribution < -0.4 is 10.1 Å². The Morgan fingerprint density at radius 3 is 2.50 bits per heavy atom. The van der Waals surface area contributed by atoms with E-state index in [4.69, 9.17) is 4.74 Å². The van der Waals surface area contributed by atoms with Crippen molar-refractivity contribution in [2.24, 2.45) is 0 Å². The predicted octanol–water partition coefficient (Wildman–Crippen LogP) is 4.08. The summed E-state index contributed by atoms with van der Waals surface area (Å²) in [7, 11) is 0. The monoisotopic (exact) mass is 298 g/mol. The molecule has 0 spiro atoms. The summed E-state index contributed by atoms with van der Waals surface area (Å²) in [6, 6.07) is 8.97. The first kappa shape index (κ1) is 15.4. The molecule has 0 atom stereocenters. The fourth-order valence-corrected chi connectivity index (χ4v) is 1.58. The Hall–Kier alpha value is -2.95. The van der Waals surface area contributed by atoms with E-state index in [-0.39, 0.29) is 11.7 Å². The molecule has 1 aromatic carbocycles. The number of anilines is 1. The Labute approximate surface area is 128 Å². The SMILES string of the molecule is CC=CC=CC(=O)Nc1ccc(Oc2ccc(F)cc2)cn1. The van der Waals surface area contributed by atoms with Gasteiger partial charge in [-0.15, -0.1) is 0 Å². The van der Waals surface area contributed by atoms with Crippen molar-refractivity contribution in [2.75, 3.05) is 5.32 Å². The molecule has 5 heteroatoms. The molecule has 0 saturated carbocycles. The second-order valence-electron chi connectivity index (χ2n) is 4.31. The molecular formula is C17H15FN2O2. The Kier molecular flexibility index (Phi) is 5.43. The van der Waals surface area contributed by atoms with Crippen LogP contribution in [0.2, 0.25) is 0 Å². The van der Waals surface area contributed by atoms with Crippen LogP contribution in [0.3, 0.4) is 0 Å². The molecule has 2 aromatic rings. The van der Waals surface area contributed by atoms with Crippen molar-refractivity contribution in [1.29, 1.82) is 0 Å². The maximum atomic E-state index is 12.8. The summed E-state index contributed by atoms with van der Waals surface area (Å²) in [5, 5.41) is 2.62. The van der Waals surface area contributed by atoms with Gasteiger partial charge in [0, 0.05) is 6.08 Å². The Morgan fingerprint density at radius 2 is 1.86 bits per heavy atom. The standard InChI is InChI=1S/C17H15FN2O2/c1-2-3-4-5-17(21)20-16-11-10-15(12-19-16)22-14-8-6-13(18)7-9-14/h2-12H,1H3,(H,19,20,21). The molecule has 22 heavy (non-hydrogen) atoms. The highest BCUT2D eigenvalue weighted by atomic mass is 19.1. The number of carbonyl (C=O) groups excluding carboxylic acids is 1. The summed E-state index contributed by atoms with van der Waals surface area (Å²) in [4.78, 5) is 15.6. The highest BCUT2D eigenvalue weighted by Crippen LogP contribution is 2.21. The van der Waals surface area contributed by atoms with E-state index in [0.717, 1.165) is 0 Å². The molecule has 0 bridgehead atoms. The largest absolute Gasteiger partial charge is 0.456 e. The Bertz CT molecular complexity index is 677. The quantitative estimate of drug-likeness (QED) is 0.668. The number of ether oxygens (including phenoxy) is 1. The van der Waals surface area contributed by atoms with Gasteiger partial charge in [0.25, 0.3) is 0 Å². The number of nitrogens with zero attached hydrogens (tertiary/aromatic N) is 1. The fourth-order valence-electron chi connectivity index (χ4n) is 1.58. The van der Waals surface area contributed by atoms with Crippen LogP contribution in [0.15, 0.2) is 66.9 Å². The van der Waals surface area contributed by atoms with Gasteiger partial charge in [-0.3, -0.25) is 4.79 Å². The van der Waals surface area contributed by atoms with Crippen molar-refractivity contribution < 1.29 is 13.9 Å². The number of halogens is 1. The molecular weight excluding hydrogens is 283 g/mol. The second kappa shape index (κ2) is 7.73. The van der Waals surface area contributed by atoms with Gasteiger partial charge in [-0.05, 0) is 43.3 Å². The first-order chi connectivity index (χ1) is 10.7. The van der Waals surface area contributed by atoms with Gasteiger partial charge in [0.1, 0.15) is 23.1 Å². The number of allylic oxidation sites excluding steroid dienone is 3. The molecule has 1 heterocycles. The average Bonchev–Trinajstić information content (AvgIpc) is 2.52. The van der Waals surface area contributed by atoms with Crippen molar-refractivity contribution >= 4 is 11.7 Å². The number of nitrogens with one attached hydrogen (secondary N) is 1. The first-order valence-electron chi connectivity index (χ1n) is 6.67. The highest BCUT2D eigenvalue weighted by Gasteiger charge is 2.01. The Balaban J connectivity index is 1.95. The van der Waals surface area contributed by atoms with E-state index in [9.17, 15) is 9.18 Å². The van der Waals surface area contributed by atoms with Gasteiger partial charge >= 0.3 is 0 Å². The van der Waals surface area contributed by atoms with E-state index in [1.54, 1.807) is 24.3 Å². The van der Waals surface area contributed by atoms with Gasteiger partial charge in [-0.2, -0.15) is 0 Å². The minimum Gasteiger partial charge on any atom is -0.456 e. The molecule has 0 radical (unpaired) electrons. The van der Waals surface area contributed by atoms with Crippen LogP contribution in [0.25, 0.3) is 0 Å². The van der Waals surface area contributed by atoms with Gasteiger partial charge < -0.3 is 10.1 Å². The van der Waals surface area contributed by atoms with Crippen LogP contribution in [0, 0.1) is 5.82 Å². The Morgan fingerprint density at radius 1 is 1.14 bits per heavy atom. The second-order valence-corrected chi connectivity index (χ2v) is 4.31. The zero-order valence-electron chi connectivity index (χ0n) is 12.0. The van der Waals surface area contributed by atoms with Crippen molar-refractivity contribution in [3.05, 3.63) is 72.7 Å². The van der Waals surface area contributed by atoms with Crippen LogP contribution in [-0.4, -0.2) is 10.9 Å². The van der Waals surface area contributed by atoms with Crippen molar-refractivity contribution in [2.45, 2.75) is 6.92 Å². The number of pyridine rings is 1.